The van der Waals surface area contributed by atoms with E-state index in [0.717, 1.165) is 72.5 Å². The average molecular weight is 484 g/mol. The summed E-state index contributed by atoms with van der Waals surface area (Å²) in [5, 5.41) is 0. The van der Waals surface area contributed by atoms with Crippen molar-refractivity contribution >= 4 is 17.6 Å². The minimum Gasteiger partial charge on any atom is -0.497 e. The third kappa shape index (κ3) is 3.93. The number of amides is 2. The molecule has 6 nitrogen and oxygen atoms in total. The lowest BCUT2D eigenvalue weighted by Gasteiger charge is -2.31. The zero-order chi connectivity index (χ0) is 25.1. The molecule has 2 amide bonds. The van der Waals surface area contributed by atoms with E-state index in [1.807, 2.05) is 34.1 Å². The van der Waals surface area contributed by atoms with E-state index in [1.165, 1.54) is 0 Å². The number of aliphatic imine (C=N–C) groups is 1. The average Bonchev–Trinajstić information content (AvgIpc) is 3.83. The lowest BCUT2D eigenvalue weighted by Crippen LogP contribution is -2.41. The number of methoxy groups -OCH3 is 1. The van der Waals surface area contributed by atoms with Crippen molar-refractivity contribution in [2.24, 2.45) is 16.3 Å². The second-order valence-electron chi connectivity index (χ2n) is 11.1. The van der Waals surface area contributed by atoms with E-state index in [2.05, 4.69) is 37.8 Å². The van der Waals surface area contributed by atoms with Crippen molar-refractivity contribution in [1.82, 2.24) is 9.80 Å². The number of likely N-dealkylation sites (tertiary alicyclic amines) is 1. The third-order valence-electron chi connectivity index (χ3n) is 8.42. The van der Waals surface area contributed by atoms with Gasteiger partial charge in [-0.3, -0.25) is 19.5 Å². The Kier molecular flexibility index (Phi) is 5.32. The van der Waals surface area contributed by atoms with Gasteiger partial charge in [0.25, 0.3) is 5.91 Å². The summed E-state index contributed by atoms with van der Waals surface area (Å²) in [6, 6.07) is 16.3. The molecule has 1 unspecified atom stereocenters. The van der Waals surface area contributed by atoms with Gasteiger partial charge < -0.3 is 9.64 Å². The molecule has 2 aliphatic heterocycles. The second-order valence-corrected chi connectivity index (χ2v) is 11.1. The number of nitrogens with zero attached hydrogens (tertiary/aromatic N) is 3. The molecule has 2 saturated carbocycles. The molecule has 1 saturated heterocycles. The number of carbonyl (C=O) groups excluding carboxylic acids is 2. The largest absolute Gasteiger partial charge is 0.497 e. The van der Waals surface area contributed by atoms with E-state index < -0.39 is 5.54 Å². The Morgan fingerprint density at radius 1 is 1.03 bits per heavy atom. The van der Waals surface area contributed by atoms with Gasteiger partial charge in [0, 0.05) is 36.5 Å². The summed E-state index contributed by atoms with van der Waals surface area (Å²) < 4.78 is 5.27. The summed E-state index contributed by atoms with van der Waals surface area (Å²) in [7, 11) is 1.66. The monoisotopic (exact) mass is 483 g/mol. The first-order valence-corrected chi connectivity index (χ1v) is 13.0. The highest BCUT2D eigenvalue weighted by atomic mass is 16.5. The Labute approximate surface area is 212 Å². The van der Waals surface area contributed by atoms with Crippen molar-refractivity contribution in [1.29, 1.82) is 0 Å². The maximum Gasteiger partial charge on any atom is 0.256 e. The van der Waals surface area contributed by atoms with Crippen LogP contribution in [0.2, 0.25) is 0 Å². The van der Waals surface area contributed by atoms with Crippen molar-refractivity contribution < 1.29 is 14.3 Å². The molecular weight excluding hydrogens is 450 g/mol. The second kappa shape index (κ2) is 8.32. The maximum atomic E-state index is 13.4. The van der Waals surface area contributed by atoms with E-state index in [9.17, 15) is 9.59 Å². The molecule has 2 heterocycles. The van der Waals surface area contributed by atoms with Crippen LogP contribution in [0.1, 0.15) is 44.6 Å². The maximum absolute atomic E-state index is 13.4. The fraction of sp³-hybridized carbons (Fsp3) is 0.433. The van der Waals surface area contributed by atoms with E-state index in [-0.39, 0.29) is 17.2 Å². The Hall–Kier alpha value is -3.41. The SMILES string of the molecule is C=C(CN1C(=O)C2(CC2)N=C1c1ccc(-c2ccc(OC)cc2)cc1)C1(C)CCN(C(=O)C2CC2)C1. The quantitative estimate of drug-likeness (QED) is 0.537. The molecule has 2 aliphatic carbocycles. The molecule has 1 spiro atoms. The van der Waals surface area contributed by atoms with Gasteiger partial charge in [-0.15, -0.1) is 0 Å². The standard InChI is InChI=1S/C30H33N3O3/c1-20(29(2)16-17-32(19-29)27(34)24-8-9-24)18-33-26(31-30(14-15-30)28(33)35)23-6-4-21(5-7-23)22-10-12-25(36-3)13-11-22/h4-7,10-13,24H,1,8-9,14-19H2,2-3H3. The Morgan fingerprint density at radius 3 is 2.22 bits per heavy atom. The topological polar surface area (TPSA) is 62.2 Å². The predicted molar refractivity (Wildman–Crippen MR) is 140 cm³/mol. The van der Waals surface area contributed by atoms with E-state index in [1.54, 1.807) is 7.11 Å². The van der Waals surface area contributed by atoms with Crippen LogP contribution in [0, 0.1) is 11.3 Å². The van der Waals surface area contributed by atoms with E-state index in [0.29, 0.717) is 19.0 Å². The van der Waals surface area contributed by atoms with Gasteiger partial charge >= 0.3 is 0 Å². The zero-order valence-corrected chi connectivity index (χ0v) is 21.1. The summed E-state index contributed by atoms with van der Waals surface area (Å²) in [6.45, 7) is 8.52. The van der Waals surface area contributed by atoms with Gasteiger partial charge in [-0.2, -0.15) is 0 Å². The van der Waals surface area contributed by atoms with Crippen LogP contribution in [-0.2, 0) is 9.59 Å². The molecular formula is C30H33N3O3. The van der Waals surface area contributed by atoms with Gasteiger partial charge in [-0.1, -0.05) is 49.9 Å². The van der Waals surface area contributed by atoms with Gasteiger partial charge in [0.15, 0.2) is 0 Å². The van der Waals surface area contributed by atoms with Crippen molar-refractivity contribution in [3.63, 3.8) is 0 Å². The Balaban J connectivity index is 1.20. The number of amidine groups is 1. The van der Waals surface area contributed by atoms with Gasteiger partial charge in [-0.05, 0) is 60.9 Å². The molecule has 36 heavy (non-hydrogen) atoms. The highest BCUT2D eigenvalue weighted by molar-refractivity contribution is 6.16. The lowest BCUT2D eigenvalue weighted by molar-refractivity contribution is -0.132. The van der Waals surface area contributed by atoms with Crippen LogP contribution in [0.4, 0.5) is 0 Å². The molecule has 2 aromatic rings. The van der Waals surface area contributed by atoms with Gasteiger partial charge in [0.05, 0.1) is 7.11 Å². The van der Waals surface area contributed by atoms with Crippen molar-refractivity contribution in [3.8, 4) is 16.9 Å². The number of hydrogen-bond acceptors (Lipinski definition) is 4. The van der Waals surface area contributed by atoms with Crippen LogP contribution in [0.3, 0.4) is 0 Å². The number of hydrogen-bond donors (Lipinski definition) is 0. The molecule has 0 aromatic heterocycles. The Morgan fingerprint density at radius 2 is 1.64 bits per heavy atom. The molecule has 0 N–H and O–H groups in total. The molecule has 1 atom stereocenters. The molecule has 6 rings (SSSR count). The molecule has 0 bridgehead atoms. The van der Waals surface area contributed by atoms with Crippen molar-refractivity contribution in [2.45, 2.75) is 44.6 Å². The molecule has 186 valence electrons. The first-order chi connectivity index (χ1) is 17.3. The fourth-order valence-electron chi connectivity index (χ4n) is 5.47. The number of rotatable bonds is 7. The van der Waals surface area contributed by atoms with Gasteiger partial charge in [-0.25, -0.2) is 0 Å². The summed E-state index contributed by atoms with van der Waals surface area (Å²) in [5.74, 6) is 2.18. The van der Waals surface area contributed by atoms with E-state index >= 15 is 0 Å². The molecule has 2 aromatic carbocycles. The first-order valence-electron chi connectivity index (χ1n) is 13.0. The summed E-state index contributed by atoms with van der Waals surface area (Å²) in [6.07, 6.45) is 4.55. The van der Waals surface area contributed by atoms with Crippen LogP contribution in [0.5, 0.6) is 5.75 Å². The summed E-state index contributed by atoms with van der Waals surface area (Å²) in [4.78, 5) is 34.8. The molecule has 0 radical (unpaired) electrons. The number of ether oxygens (including phenoxy) is 1. The molecule has 4 aliphatic rings. The van der Waals surface area contributed by atoms with Crippen LogP contribution < -0.4 is 4.74 Å². The smallest absolute Gasteiger partial charge is 0.256 e. The fourth-order valence-corrected chi connectivity index (χ4v) is 5.47. The van der Waals surface area contributed by atoms with Crippen LogP contribution in [0.15, 0.2) is 65.7 Å². The van der Waals surface area contributed by atoms with Gasteiger partial charge in [0.2, 0.25) is 5.91 Å². The Bertz CT molecular complexity index is 1260. The first kappa shape index (κ1) is 23.0. The number of benzene rings is 2. The number of carbonyl (C=O) groups is 2. The summed E-state index contributed by atoms with van der Waals surface area (Å²) in [5.41, 5.74) is 3.39. The predicted octanol–water partition coefficient (Wildman–Crippen LogP) is 4.69. The van der Waals surface area contributed by atoms with Crippen LogP contribution in [-0.4, -0.2) is 59.7 Å². The molecule has 6 heteroatoms. The third-order valence-corrected chi connectivity index (χ3v) is 8.42. The highest BCUT2D eigenvalue weighted by Crippen LogP contribution is 2.47. The lowest BCUT2D eigenvalue weighted by atomic mass is 9.81. The van der Waals surface area contributed by atoms with Crippen molar-refractivity contribution in [2.75, 3.05) is 26.7 Å². The van der Waals surface area contributed by atoms with Crippen LogP contribution >= 0.6 is 0 Å². The molecule has 3 fully saturated rings. The summed E-state index contributed by atoms with van der Waals surface area (Å²) >= 11 is 0. The van der Waals surface area contributed by atoms with Crippen molar-refractivity contribution in [3.05, 3.63) is 66.2 Å². The normalized spacial score (nSPS) is 24.3. The minimum atomic E-state index is -0.575. The van der Waals surface area contributed by atoms with Crippen LogP contribution in [0.25, 0.3) is 11.1 Å². The highest BCUT2D eigenvalue weighted by Gasteiger charge is 2.57. The zero-order valence-electron chi connectivity index (χ0n) is 21.1. The van der Waals surface area contributed by atoms with E-state index in [4.69, 9.17) is 9.73 Å². The van der Waals surface area contributed by atoms with Gasteiger partial charge in [0.1, 0.15) is 17.1 Å². The minimum absolute atomic E-state index is 0.0883.